The van der Waals surface area contributed by atoms with Gasteiger partial charge in [-0.25, -0.2) is 8.78 Å². The fourth-order valence-electron chi connectivity index (χ4n) is 4.69. The molecule has 0 aromatic heterocycles. The molecule has 148 valence electrons. The average molecular weight is 373 g/mol. The van der Waals surface area contributed by atoms with Crippen molar-refractivity contribution in [2.45, 2.75) is 84.0 Å². The summed E-state index contributed by atoms with van der Waals surface area (Å²) in [7, 11) is 0. The maximum atomic E-state index is 13.8. The van der Waals surface area contributed by atoms with Crippen molar-refractivity contribution in [3.8, 4) is 0 Å². The second-order valence-electron chi connectivity index (χ2n) is 8.55. The maximum absolute atomic E-state index is 13.8. The molecule has 0 nitrogen and oxygen atoms in total. The molecule has 2 aromatic carbocycles. The lowest BCUT2D eigenvalue weighted by atomic mass is 9.77. The zero-order valence-electron chi connectivity index (χ0n) is 16.8. The molecule has 1 aliphatic rings. The second-order valence-corrected chi connectivity index (χ2v) is 8.55. The van der Waals surface area contributed by atoms with Gasteiger partial charge in [0.25, 0.3) is 0 Å². The van der Waals surface area contributed by atoms with Crippen molar-refractivity contribution in [2.75, 3.05) is 0 Å². The highest BCUT2D eigenvalue weighted by Gasteiger charge is 2.20. The predicted molar refractivity (Wildman–Crippen MR) is 111 cm³/mol. The highest BCUT2D eigenvalue weighted by Crippen LogP contribution is 2.34. The number of benzene rings is 2. The Balaban J connectivity index is 1.41. The lowest BCUT2D eigenvalue weighted by Crippen LogP contribution is -2.15. The van der Waals surface area contributed by atoms with Gasteiger partial charge in [0.05, 0.1) is 0 Å². The molecule has 2 heteroatoms. The van der Waals surface area contributed by atoms with Crippen molar-refractivity contribution in [2.24, 2.45) is 11.8 Å². The maximum Gasteiger partial charge on any atom is 0.166 e. The fourth-order valence-corrected chi connectivity index (χ4v) is 4.69. The van der Waals surface area contributed by atoms with Gasteiger partial charge in [-0.05, 0) is 41.7 Å². The summed E-state index contributed by atoms with van der Waals surface area (Å²) in [6.45, 7) is 2.28. The van der Waals surface area contributed by atoms with E-state index in [1.54, 1.807) is 12.1 Å². The first-order chi connectivity index (χ1) is 13.2. The number of hydrogen-bond acceptors (Lipinski definition) is 0. The molecule has 1 saturated carbocycles. The van der Waals surface area contributed by atoms with Crippen LogP contribution in [0.25, 0.3) is 10.8 Å². The van der Waals surface area contributed by atoms with Crippen LogP contribution in [0.5, 0.6) is 0 Å². The summed E-state index contributed by atoms with van der Waals surface area (Å²) in [5.41, 5.74) is 1.24. The molecular weight excluding hydrogens is 338 g/mol. The third kappa shape index (κ3) is 5.77. The van der Waals surface area contributed by atoms with Crippen LogP contribution < -0.4 is 0 Å². The van der Waals surface area contributed by atoms with E-state index in [1.807, 2.05) is 12.1 Å². The highest BCUT2D eigenvalue weighted by atomic mass is 19.2. The Bertz CT molecular complexity index is 714. The number of fused-ring (bicyclic) bond motifs is 1. The Hall–Kier alpha value is -1.44. The van der Waals surface area contributed by atoms with Crippen molar-refractivity contribution in [1.29, 1.82) is 0 Å². The second kappa shape index (κ2) is 10.2. The number of unbranched alkanes of at least 4 members (excludes halogenated alkanes) is 4. The van der Waals surface area contributed by atoms with Crippen LogP contribution in [0.4, 0.5) is 8.78 Å². The summed E-state index contributed by atoms with van der Waals surface area (Å²) in [4.78, 5) is 0. The Morgan fingerprint density at radius 3 is 2.26 bits per heavy atom. The van der Waals surface area contributed by atoms with Gasteiger partial charge in [0, 0.05) is 5.39 Å². The molecular formula is C25H34F2. The van der Waals surface area contributed by atoms with Gasteiger partial charge in [0.15, 0.2) is 11.6 Å². The van der Waals surface area contributed by atoms with Gasteiger partial charge < -0.3 is 0 Å². The molecule has 1 aliphatic carbocycles. The third-order valence-corrected chi connectivity index (χ3v) is 6.49. The Labute approximate surface area is 163 Å². The zero-order valence-corrected chi connectivity index (χ0v) is 16.8. The minimum atomic E-state index is -0.766. The molecule has 0 heterocycles. The summed E-state index contributed by atoms with van der Waals surface area (Å²) in [6.07, 6.45) is 16.2. The van der Waals surface area contributed by atoms with Gasteiger partial charge in [0.1, 0.15) is 0 Å². The van der Waals surface area contributed by atoms with Crippen molar-refractivity contribution < 1.29 is 8.78 Å². The van der Waals surface area contributed by atoms with Crippen molar-refractivity contribution in [3.63, 3.8) is 0 Å². The van der Waals surface area contributed by atoms with E-state index in [4.69, 9.17) is 0 Å². The molecule has 0 atom stereocenters. The molecule has 1 fully saturated rings. The number of rotatable bonds is 9. The lowest BCUT2D eigenvalue weighted by Gasteiger charge is -2.28. The smallest absolute Gasteiger partial charge is 0.166 e. The summed E-state index contributed by atoms with van der Waals surface area (Å²) >= 11 is 0. The largest absolute Gasteiger partial charge is 0.204 e. The Morgan fingerprint density at radius 2 is 1.52 bits per heavy atom. The van der Waals surface area contributed by atoms with Crippen molar-refractivity contribution in [3.05, 3.63) is 47.5 Å². The quantitative estimate of drug-likeness (QED) is 0.389. The molecule has 2 aromatic rings. The predicted octanol–water partition coefficient (Wildman–Crippen LogP) is 8.22. The highest BCUT2D eigenvalue weighted by molar-refractivity contribution is 5.83. The minimum Gasteiger partial charge on any atom is -0.204 e. The van der Waals surface area contributed by atoms with Crippen LogP contribution in [-0.4, -0.2) is 0 Å². The van der Waals surface area contributed by atoms with Gasteiger partial charge in [-0.15, -0.1) is 0 Å². The number of halogens is 2. The number of hydrogen-bond donors (Lipinski definition) is 0. The first-order valence-corrected chi connectivity index (χ1v) is 11.0. The normalized spacial score (nSPS) is 20.3. The van der Waals surface area contributed by atoms with Crippen molar-refractivity contribution in [1.82, 2.24) is 0 Å². The molecule has 3 rings (SSSR count). The topological polar surface area (TPSA) is 0 Å². The summed E-state index contributed by atoms with van der Waals surface area (Å²) in [5, 5.41) is 1.19. The summed E-state index contributed by atoms with van der Waals surface area (Å²) < 4.78 is 27.1. The standard InChI is InChI=1S/C25H34F2/c1-2-3-4-5-6-7-19-8-10-20(11-9-19)12-13-21-14-16-23-22(18-21)15-17-24(26)25(23)27/h14-20H,2-13H2,1H3/t19-,20-. The zero-order chi connectivity index (χ0) is 19.1. The summed E-state index contributed by atoms with van der Waals surface area (Å²) in [5.74, 6) is 0.299. The van der Waals surface area contributed by atoms with Gasteiger partial charge in [-0.1, -0.05) is 95.4 Å². The van der Waals surface area contributed by atoms with Gasteiger partial charge in [-0.3, -0.25) is 0 Å². The molecule has 0 bridgehead atoms. The van der Waals surface area contributed by atoms with E-state index >= 15 is 0 Å². The average Bonchev–Trinajstić information content (AvgIpc) is 2.70. The SMILES string of the molecule is CCCCCCC[C@H]1CC[C@H](CCc2ccc3c(F)c(F)ccc3c2)CC1. The van der Waals surface area contributed by atoms with Crippen LogP contribution in [0.1, 0.15) is 83.1 Å². The van der Waals surface area contributed by atoms with E-state index in [9.17, 15) is 8.78 Å². The molecule has 0 amide bonds. The van der Waals surface area contributed by atoms with Crippen LogP contribution in [0.3, 0.4) is 0 Å². The van der Waals surface area contributed by atoms with E-state index in [0.29, 0.717) is 5.39 Å². The number of aryl methyl sites for hydroxylation is 1. The molecule has 0 saturated heterocycles. The van der Waals surface area contributed by atoms with Crippen LogP contribution in [0.15, 0.2) is 30.3 Å². The first-order valence-electron chi connectivity index (χ1n) is 11.0. The van der Waals surface area contributed by atoms with Crippen LogP contribution in [-0.2, 0) is 6.42 Å². The Kier molecular flexibility index (Phi) is 7.67. The molecule has 0 radical (unpaired) electrons. The molecule has 0 aliphatic heterocycles. The van der Waals surface area contributed by atoms with E-state index in [2.05, 4.69) is 6.92 Å². The van der Waals surface area contributed by atoms with Gasteiger partial charge in [0.2, 0.25) is 0 Å². The lowest BCUT2D eigenvalue weighted by molar-refractivity contribution is 0.249. The molecule has 0 unspecified atom stereocenters. The van der Waals surface area contributed by atoms with Gasteiger partial charge >= 0.3 is 0 Å². The van der Waals surface area contributed by atoms with E-state index in [1.165, 1.54) is 82.3 Å². The van der Waals surface area contributed by atoms with E-state index < -0.39 is 11.6 Å². The molecule has 0 spiro atoms. The summed E-state index contributed by atoms with van der Waals surface area (Å²) in [6, 6.07) is 8.64. The molecule has 0 N–H and O–H groups in total. The first kappa shape index (κ1) is 20.3. The fraction of sp³-hybridized carbons (Fsp3) is 0.600. The Morgan fingerprint density at radius 1 is 0.815 bits per heavy atom. The molecule has 27 heavy (non-hydrogen) atoms. The monoisotopic (exact) mass is 372 g/mol. The van der Waals surface area contributed by atoms with Crippen LogP contribution >= 0.6 is 0 Å². The van der Waals surface area contributed by atoms with Crippen LogP contribution in [0.2, 0.25) is 0 Å². The third-order valence-electron chi connectivity index (χ3n) is 6.49. The van der Waals surface area contributed by atoms with E-state index in [0.717, 1.165) is 23.6 Å². The van der Waals surface area contributed by atoms with E-state index in [-0.39, 0.29) is 0 Å². The van der Waals surface area contributed by atoms with Crippen molar-refractivity contribution >= 4 is 10.8 Å². The van der Waals surface area contributed by atoms with Gasteiger partial charge in [-0.2, -0.15) is 0 Å². The minimum absolute atomic E-state index is 0.387. The van der Waals surface area contributed by atoms with Crippen LogP contribution in [0, 0.1) is 23.5 Å².